The van der Waals surface area contributed by atoms with Gasteiger partial charge in [-0.1, -0.05) is 19.9 Å². The number of hydrogen-bond donors (Lipinski definition) is 1. The van der Waals surface area contributed by atoms with E-state index >= 15 is 0 Å². The van der Waals surface area contributed by atoms with Gasteiger partial charge in [-0.25, -0.2) is 4.79 Å². The topological polar surface area (TPSA) is 81.7 Å². The van der Waals surface area contributed by atoms with Crippen LogP contribution >= 0.6 is 11.3 Å². The van der Waals surface area contributed by atoms with Gasteiger partial charge in [0.25, 0.3) is 0 Å². The summed E-state index contributed by atoms with van der Waals surface area (Å²) in [6.45, 7) is 5.94. The van der Waals surface area contributed by atoms with Crippen LogP contribution in [0.2, 0.25) is 0 Å². The molecule has 0 saturated heterocycles. The molecule has 6 nitrogen and oxygen atoms in total. The lowest BCUT2D eigenvalue weighted by Crippen LogP contribution is -2.43. The van der Waals surface area contributed by atoms with E-state index in [9.17, 15) is 14.4 Å². The molecule has 150 valence electrons. The molecule has 1 aliphatic carbocycles. The average molecular weight is 404 g/mol. The van der Waals surface area contributed by atoms with Crippen LogP contribution in [0.15, 0.2) is 40.1 Å². The van der Waals surface area contributed by atoms with Gasteiger partial charge in [0, 0.05) is 21.8 Å². The SMILES string of the molecule is CCCOC(=O)C1=C(C)NC2=C(C(=O)[C@H](C(=O)OC)[C@H](C)C2)[C@@H]1c1cccs1. The first kappa shape index (κ1) is 20.3. The Hall–Kier alpha value is -2.41. The van der Waals surface area contributed by atoms with Crippen LogP contribution in [0.3, 0.4) is 0 Å². The number of esters is 2. The molecule has 0 fully saturated rings. The van der Waals surface area contributed by atoms with E-state index in [1.165, 1.54) is 18.4 Å². The highest BCUT2D eigenvalue weighted by Crippen LogP contribution is 2.46. The van der Waals surface area contributed by atoms with Crippen molar-refractivity contribution in [1.82, 2.24) is 5.32 Å². The first-order chi connectivity index (χ1) is 13.4. The number of methoxy groups -OCH3 is 1. The minimum atomic E-state index is -0.862. The third kappa shape index (κ3) is 3.51. The summed E-state index contributed by atoms with van der Waals surface area (Å²) in [5.74, 6) is -2.82. The summed E-state index contributed by atoms with van der Waals surface area (Å²) in [6.07, 6.45) is 1.25. The maximum absolute atomic E-state index is 13.4. The molecule has 0 radical (unpaired) electrons. The van der Waals surface area contributed by atoms with Gasteiger partial charge >= 0.3 is 11.9 Å². The van der Waals surface area contributed by atoms with Crippen LogP contribution in [0.25, 0.3) is 0 Å². The number of dihydropyridines is 1. The number of carbonyl (C=O) groups excluding carboxylic acids is 3. The van der Waals surface area contributed by atoms with Gasteiger partial charge in [0.1, 0.15) is 5.92 Å². The van der Waals surface area contributed by atoms with Crippen molar-refractivity contribution in [3.8, 4) is 0 Å². The second-order valence-corrected chi connectivity index (χ2v) is 8.17. The van der Waals surface area contributed by atoms with Crippen molar-refractivity contribution in [3.05, 3.63) is 44.9 Å². The van der Waals surface area contributed by atoms with Gasteiger partial charge in [-0.3, -0.25) is 9.59 Å². The van der Waals surface area contributed by atoms with Gasteiger partial charge in [-0.15, -0.1) is 11.3 Å². The van der Waals surface area contributed by atoms with E-state index in [0.717, 1.165) is 10.6 Å². The number of ether oxygens (including phenoxy) is 2. The number of thiophene rings is 1. The third-order valence-electron chi connectivity index (χ3n) is 5.23. The van der Waals surface area contributed by atoms with Gasteiger partial charge in [-0.2, -0.15) is 0 Å². The van der Waals surface area contributed by atoms with Crippen molar-refractivity contribution in [2.75, 3.05) is 13.7 Å². The van der Waals surface area contributed by atoms with Crippen molar-refractivity contribution < 1.29 is 23.9 Å². The minimum absolute atomic E-state index is 0.184. The van der Waals surface area contributed by atoms with Gasteiger partial charge in [0.2, 0.25) is 0 Å². The van der Waals surface area contributed by atoms with Crippen LogP contribution in [-0.2, 0) is 23.9 Å². The van der Waals surface area contributed by atoms with Crippen LogP contribution in [0.5, 0.6) is 0 Å². The molecule has 1 aliphatic heterocycles. The first-order valence-electron chi connectivity index (χ1n) is 9.44. The number of nitrogens with one attached hydrogen (secondary N) is 1. The standard InChI is InChI=1S/C21H25NO5S/c1-5-8-27-21(25)16-12(3)22-13-10-11(2)15(20(24)26-4)19(23)17(13)18(16)14-7-6-9-28-14/h6-7,9,11,15,18,22H,5,8,10H2,1-4H3/t11-,15-,18-/m1/s1. The molecule has 0 unspecified atom stereocenters. The molecule has 2 aliphatic rings. The van der Waals surface area contributed by atoms with E-state index in [0.29, 0.717) is 36.3 Å². The summed E-state index contributed by atoms with van der Waals surface area (Å²) in [5.41, 5.74) is 2.38. The van der Waals surface area contributed by atoms with Crippen molar-refractivity contribution in [2.24, 2.45) is 11.8 Å². The average Bonchev–Trinajstić information content (AvgIpc) is 3.19. The second-order valence-electron chi connectivity index (χ2n) is 7.19. The molecule has 0 saturated carbocycles. The molecule has 3 atom stereocenters. The van der Waals surface area contributed by atoms with Crippen molar-refractivity contribution >= 4 is 29.1 Å². The molecule has 0 spiro atoms. The van der Waals surface area contributed by atoms with Gasteiger partial charge in [-0.05, 0) is 37.1 Å². The van der Waals surface area contributed by atoms with Crippen molar-refractivity contribution in [2.45, 2.75) is 39.5 Å². The summed E-state index contributed by atoms with van der Waals surface area (Å²) in [5, 5.41) is 5.16. The lowest BCUT2D eigenvalue weighted by atomic mass is 9.70. The summed E-state index contributed by atoms with van der Waals surface area (Å²) in [6, 6.07) is 3.80. The largest absolute Gasteiger partial charge is 0.468 e. The number of carbonyl (C=O) groups is 3. The summed E-state index contributed by atoms with van der Waals surface area (Å²) >= 11 is 1.48. The number of hydrogen-bond acceptors (Lipinski definition) is 7. The lowest BCUT2D eigenvalue weighted by molar-refractivity contribution is -0.151. The summed E-state index contributed by atoms with van der Waals surface area (Å²) in [7, 11) is 1.29. The smallest absolute Gasteiger partial charge is 0.336 e. The van der Waals surface area contributed by atoms with Crippen LogP contribution in [0.1, 0.15) is 44.4 Å². The van der Waals surface area contributed by atoms with Crippen LogP contribution < -0.4 is 5.32 Å². The molecule has 0 bridgehead atoms. The van der Waals surface area contributed by atoms with Crippen LogP contribution in [0.4, 0.5) is 0 Å². The minimum Gasteiger partial charge on any atom is -0.468 e. The fraction of sp³-hybridized carbons (Fsp3) is 0.476. The lowest BCUT2D eigenvalue weighted by Gasteiger charge is -2.37. The molecule has 2 heterocycles. The zero-order valence-electron chi connectivity index (χ0n) is 16.5. The van der Waals surface area contributed by atoms with Crippen molar-refractivity contribution in [1.29, 1.82) is 0 Å². The number of rotatable bonds is 5. The molecule has 3 rings (SSSR count). The Morgan fingerprint density at radius 3 is 2.71 bits per heavy atom. The van der Waals surface area contributed by atoms with E-state index in [2.05, 4.69) is 5.32 Å². The summed E-state index contributed by atoms with van der Waals surface area (Å²) < 4.78 is 10.3. The predicted octanol–water partition coefficient (Wildman–Crippen LogP) is 3.31. The molecule has 1 N–H and O–H groups in total. The van der Waals surface area contributed by atoms with Crippen molar-refractivity contribution in [3.63, 3.8) is 0 Å². The monoisotopic (exact) mass is 403 g/mol. The van der Waals surface area contributed by atoms with Crippen LogP contribution in [-0.4, -0.2) is 31.4 Å². The molecular weight excluding hydrogens is 378 g/mol. The van der Waals surface area contributed by atoms with Gasteiger partial charge in [0.05, 0.1) is 25.2 Å². The molecule has 7 heteroatoms. The molecule has 1 aromatic rings. The fourth-order valence-corrected chi connectivity index (χ4v) is 4.81. The number of allylic oxidation sites excluding steroid dienone is 3. The van der Waals surface area contributed by atoms with E-state index in [4.69, 9.17) is 9.47 Å². The highest BCUT2D eigenvalue weighted by molar-refractivity contribution is 7.10. The Kier molecular flexibility index (Phi) is 6.03. The van der Waals surface area contributed by atoms with E-state index < -0.39 is 23.8 Å². The summed E-state index contributed by atoms with van der Waals surface area (Å²) in [4.78, 5) is 39.4. The number of Topliss-reactive ketones (excluding diaryl/α,β-unsaturated/α-hetero) is 1. The zero-order valence-corrected chi connectivity index (χ0v) is 17.4. The normalized spacial score (nSPS) is 24.6. The van der Waals surface area contributed by atoms with E-state index in [1.54, 1.807) is 0 Å². The Labute approximate surface area is 168 Å². The Balaban J connectivity index is 2.10. The van der Waals surface area contributed by atoms with E-state index in [-0.39, 0.29) is 11.7 Å². The molecule has 28 heavy (non-hydrogen) atoms. The van der Waals surface area contributed by atoms with Crippen LogP contribution in [0, 0.1) is 11.8 Å². The highest BCUT2D eigenvalue weighted by Gasteiger charge is 2.47. The highest BCUT2D eigenvalue weighted by atomic mass is 32.1. The first-order valence-corrected chi connectivity index (χ1v) is 10.3. The zero-order chi connectivity index (χ0) is 20.4. The second kappa shape index (κ2) is 8.31. The Bertz CT molecular complexity index is 852. The fourth-order valence-electron chi connectivity index (χ4n) is 3.96. The van der Waals surface area contributed by atoms with Gasteiger partial charge in [0.15, 0.2) is 5.78 Å². The maximum Gasteiger partial charge on any atom is 0.336 e. The maximum atomic E-state index is 13.4. The molecular formula is C21H25NO5S. The third-order valence-corrected chi connectivity index (χ3v) is 6.17. The number of ketones is 1. The van der Waals surface area contributed by atoms with Gasteiger partial charge < -0.3 is 14.8 Å². The molecule has 0 amide bonds. The Morgan fingerprint density at radius 1 is 1.36 bits per heavy atom. The predicted molar refractivity (Wildman–Crippen MR) is 105 cm³/mol. The quantitative estimate of drug-likeness (QED) is 0.600. The Morgan fingerprint density at radius 2 is 2.11 bits per heavy atom. The molecule has 1 aromatic heterocycles. The van der Waals surface area contributed by atoms with E-state index in [1.807, 2.05) is 38.3 Å². The molecule has 0 aromatic carbocycles.